The van der Waals surface area contributed by atoms with Gasteiger partial charge in [-0.05, 0) is 30.9 Å². The Hall–Kier alpha value is -1.01. The lowest BCUT2D eigenvalue weighted by molar-refractivity contribution is -0.137. The summed E-state index contributed by atoms with van der Waals surface area (Å²) in [4.78, 5) is 5.51. The third kappa shape index (κ3) is 4.52. The quantitative estimate of drug-likeness (QED) is 0.593. The summed E-state index contributed by atoms with van der Waals surface area (Å²) in [6.07, 6.45) is -2.01. The lowest BCUT2D eigenvalue weighted by Gasteiger charge is -2.19. The van der Waals surface area contributed by atoms with E-state index in [1.807, 2.05) is 0 Å². The predicted molar refractivity (Wildman–Crippen MR) is 71.1 cm³/mol. The maximum atomic E-state index is 12.7. The first-order chi connectivity index (χ1) is 9.36. The smallest absolute Gasteiger partial charge is 0.379 e. The van der Waals surface area contributed by atoms with E-state index in [-0.39, 0.29) is 11.0 Å². The summed E-state index contributed by atoms with van der Waals surface area (Å²) in [6, 6.07) is 1.81. The molecule has 0 spiro atoms. The van der Waals surface area contributed by atoms with Crippen LogP contribution in [0.4, 0.5) is 19.0 Å². The van der Waals surface area contributed by atoms with Gasteiger partial charge in [0.25, 0.3) is 0 Å². The monoisotopic (exact) mass is 308 g/mol. The summed E-state index contributed by atoms with van der Waals surface area (Å²) in [7, 11) is 1.67. The second-order valence-corrected chi connectivity index (χ2v) is 5.36. The van der Waals surface area contributed by atoms with Gasteiger partial charge in [0.1, 0.15) is 11.0 Å². The normalized spacial score (nSPS) is 15.4. The van der Waals surface area contributed by atoms with Gasteiger partial charge in [-0.1, -0.05) is 11.6 Å². The minimum absolute atomic E-state index is 0.166. The highest BCUT2D eigenvalue weighted by molar-refractivity contribution is 6.29. The van der Waals surface area contributed by atoms with Crippen LogP contribution in [0.25, 0.3) is 0 Å². The molecule has 20 heavy (non-hydrogen) atoms. The molecular weight excluding hydrogens is 293 g/mol. The predicted octanol–water partition coefficient (Wildman–Crippen LogP) is 3.62. The van der Waals surface area contributed by atoms with Gasteiger partial charge >= 0.3 is 6.18 Å². The van der Waals surface area contributed by atoms with Crippen LogP contribution in [0.5, 0.6) is 0 Å². The molecule has 1 aromatic heterocycles. The van der Waals surface area contributed by atoms with Gasteiger partial charge in [-0.2, -0.15) is 13.2 Å². The molecule has 2 rings (SSSR count). The molecule has 1 aromatic rings. The maximum Gasteiger partial charge on any atom is 0.416 e. The van der Waals surface area contributed by atoms with Gasteiger partial charge in [-0.15, -0.1) is 0 Å². The molecule has 1 aliphatic rings. The Labute approximate surface area is 120 Å². The fraction of sp³-hybridized carbons (Fsp3) is 0.615. The van der Waals surface area contributed by atoms with Gasteiger partial charge < -0.3 is 9.64 Å². The molecule has 3 nitrogen and oxygen atoms in total. The molecule has 0 bridgehead atoms. The lowest BCUT2D eigenvalue weighted by atomic mass is 10.2. The number of hydrogen-bond donors (Lipinski definition) is 0. The van der Waals surface area contributed by atoms with E-state index in [2.05, 4.69) is 4.98 Å². The molecule has 0 radical (unpaired) electrons. The van der Waals surface area contributed by atoms with Crippen LogP contribution in [-0.2, 0) is 10.9 Å². The Morgan fingerprint density at radius 2 is 2.10 bits per heavy atom. The Bertz CT molecular complexity index is 463. The lowest BCUT2D eigenvalue weighted by Crippen LogP contribution is -2.24. The summed E-state index contributed by atoms with van der Waals surface area (Å²) in [5, 5.41) is -0.166. The highest BCUT2D eigenvalue weighted by atomic mass is 35.5. The zero-order chi connectivity index (χ0) is 14.8. The van der Waals surface area contributed by atoms with E-state index < -0.39 is 11.7 Å². The molecule has 0 aromatic carbocycles. The number of alkyl halides is 3. The topological polar surface area (TPSA) is 25.4 Å². The van der Waals surface area contributed by atoms with Crippen molar-refractivity contribution in [2.45, 2.75) is 19.0 Å². The number of anilines is 1. The first kappa shape index (κ1) is 15.4. The Morgan fingerprint density at radius 3 is 2.70 bits per heavy atom. The summed E-state index contributed by atoms with van der Waals surface area (Å²) >= 11 is 5.64. The van der Waals surface area contributed by atoms with E-state index in [1.54, 1.807) is 11.9 Å². The van der Waals surface area contributed by atoms with Crippen molar-refractivity contribution in [1.82, 2.24) is 4.98 Å². The number of halogens is 4. The van der Waals surface area contributed by atoms with E-state index in [9.17, 15) is 13.2 Å². The number of hydrogen-bond acceptors (Lipinski definition) is 3. The zero-order valence-electron chi connectivity index (χ0n) is 11.1. The average molecular weight is 309 g/mol. The van der Waals surface area contributed by atoms with Crippen LogP contribution in [-0.4, -0.2) is 31.8 Å². The Morgan fingerprint density at radius 1 is 1.40 bits per heavy atom. The molecule has 0 atom stereocenters. The van der Waals surface area contributed by atoms with Crippen LogP contribution >= 0.6 is 11.6 Å². The van der Waals surface area contributed by atoms with Crippen LogP contribution < -0.4 is 4.90 Å². The number of ether oxygens (including phenoxy) is 1. The Balaban J connectivity index is 1.93. The van der Waals surface area contributed by atoms with Crippen molar-refractivity contribution in [2.75, 3.05) is 31.7 Å². The molecule has 0 unspecified atom stereocenters. The summed E-state index contributed by atoms with van der Waals surface area (Å²) in [5.74, 6) is 0.862. The molecule has 0 aliphatic heterocycles. The molecule has 112 valence electrons. The van der Waals surface area contributed by atoms with Gasteiger partial charge in [-0.25, -0.2) is 4.98 Å². The first-order valence-corrected chi connectivity index (χ1v) is 6.77. The standard InChI is InChI=1S/C13H16ClF3N2O/c1-19(4-5-20-8-9-2-3-9)12-7-10(13(15,16)17)6-11(14)18-12/h6-7,9H,2-5,8H2,1H3. The molecule has 7 heteroatoms. The van der Waals surface area contributed by atoms with Gasteiger partial charge in [-0.3, -0.25) is 0 Å². The molecule has 0 saturated heterocycles. The van der Waals surface area contributed by atoms with Gasteiger partial charge in [0.15, 0.2) is 0 Å². The van der Waals surface area contributed by atoms with E-state index in [1.165, 1.54) is 12.8 Å². The minimum Gasteiger partial charge on any atom is -0.379 e. The minimum atomic E-state index is -4.43. The van der Waals surface area contributed by atoms with Crippen LogP contribution in [0, 0.1) is 5.92 Å². The fourth-order valence-corrected chi connectivity index (χ4v) is 1.90. The number of nitrogens with zero attached hydrogens (tertiary/aromatic N) is 2. The number of likely N-dealkylation sites (N-methyl/N-ethyl adjacent to an activating group) is 1. The number of rotatable bonds is 6. The highest BCUT2D eigenvalue weighted by Crippen LogP contribution is 2.32. The molecule has 0 amide bonds. The second kappa shape index (κ2) is 6.18. The van der Waals surface area contributed by atoms with Crippen molar-refractivity contribution in [3.63, 3.8) is 0 Å². The van der Waals surface area contributed by atoms with Crippen molar-refractivity contribution < 1.29 is 17.9 Å². The van der Waals surface area contributed by atoms with Crippen molar-refractivity contribution >= 4 is 17.4 Å². The summed E-state index contributed by atoms with van der Waals surface area (Å²) in [6.45, 7) is 1.66. The van der Waals surface area contributed by atoms with E-state index in [0.29, 0.717) is 19.1 Å². The van der Waals surface area contributed by atoms with Gasteiger partial charge in [0.05, 0.1) is 12.2 Å². The van der Waals surface area contributed by atoms with Crippen LogP contribution in [0.2, 0.25) is 5.15 Å². The molecular formula is C13H16ClF3N2O. The van der Waals surface area contributed by atoms with E-state index in [0.717, 1.165) is 18.7 Å². The molecule has 1 saturated carbocycles. The number of aromatic nitrogens is 1. The van der Waals surface area contributed by atoms with E-state index in [4.69, 9.17) is 16.3 Å². The van der Waals surface area contributed by atoms with Crippen molar-refractivity contribution in [2.24, 2.45) is 5.92 Å². The summed E-state index contributed by atoms with van der Waals surface area (Å²) in [5.41, 5.74) is -0.793. The van der Waals surface area contributed by atoms with E-state index >= 15 is 0 Å². The third-order valence-corrected chi connectivity index (χ3v) is 3.31. The highest BCUT2D eigenvalue weighted by Gasteiger charge is 2.31. The van der Waals surface area contributed by atoms with Crippen molar-refractivity contribution in [3.05, 3.63) is 22.8 Å². The molecule has 1 heterocycles. The third-order valence-electron chi connectivity index (χ3n) is 3.12. The van der Waals surface area contributed by atoms with Gasteiger partial charge in [0, 0.05) is 20.2 Å². The van der Waals surface area contributed by atoms with Crippen LogP contribution in [0.1, 0.15) is 18.4 Å². The van der Waals surface area contributed by atoms with Crippen molar-refractivity contribution in [1.29, 1.82) is 0 Å². The average Bonchev–Trinajstić information content (AvgIpc) is 3.16. The molecule has 0 N–H and O–H groups in total. The SMILES string of the molecule is CN(CCOCC1CC1)c1cc(C(F)(F)F)cc(Cl)n1. The van der Waals surface area contributed by atoms with Gasteiger partial charge in [0.2, 0.25) is 0 Å². The largest absolute Gasteiger partial charge is 0.416 e. The fourth-order valence-electron chi connectivity index (χ4n) is 1.69. The van der Waals surface area contributed by atoms with Crippen molar-refractivity contribution in [3.8, 4) is 0 Å². The molecule has 1 aliphatic carbocycles. The number of pyridine rings is 1. The van der Waals surface area contributed by atoms with Crippen LogP contribution in [0.15, 0.2) is 12.1 Å². The molecule has 1 fully saturated rings. The first-order valence-electron chi connectivity index (χ1n) is 6.40. The Kier molecular flexibility index (Phi) is 4.75. The second-order valence-electron chi connectivity index (χ2n) is 4.97. The maximum absolute atomic E-state index is 12.7. The summed E-state index contributed by atoms with van der Waals surface area (Å²) < 4.78 is 43.5. The zero-order valence-corrected chi connectivity index (χ0v) is 11.8. The van der Waals surface area contributed by atoms with Crippen LogP contribution in [0.3, 0.4) is 0 Å².